The fraction of sp³-hybridized carbons (Fsp3) is 0.458. The van der Waals surface area contributed by atoms with Gasteiger partial charge < -0.3 is 14.6 Å². The number of nitrogens with zero attached hydrogens (tertiary/aromatic N) is 6. The molecule has 1 aromatic carbocycles. The van der Waals surface area contributed by atoms with Crippen LogP contribution in [0.25, 0.3) is 32.8 Å². The average Bonchev–Trinajstić information content (AvgIpc) is 3.42. The Kier molecular flexibility index (Phi) is 4.32. The van der Waals surface area contributed by atoms with E-state index in [-0.39, 0.29) is 10.8 Å². The molecule has 1 N–H and O–H groups in total. The van der Waals surface area contributed by atoms with Crippen molar-refractivity contribution in [3.63, 3.8) is 0 Å². The van der Waals surface area contributed by atoms with Crippen molar-refractivity contribution in [2.75, 3.05) is 25.0 Å². The first-order valence-electron chi connectivity index (χ1n) is 11.2. The quantitative estimate of drug-likeness (QED) is 0.484. The Hall–Kier alpha value is -3.09. The Labute approximate surface area is 195 Å². The number of thiazole rings is 1. The number of aryl methyl sites for hydroxylation is 1. The van der Waals surface area contributed by atoms with Crippen LogP contribution >= 0.6 is 11.3 Å². The highest BCUT2D eigenvalue weighted by Crippen LogP contribution is 2.54. The Morgan fingerprint density at radius 1 is 1.18 bits per heavy atom. The summed E-state index contributed by atoms with van der Waals surface area (Å²) in [6.45, 7) is 8.64. The number of hydrogen-bond acceptors (Lipinski definition) is 9. The van der Waals surface area contributed by atoms with Crippen molar-refractivity contribution in [2.45, 2.75) is 39.7 Å². The van der Waals surface area contributed by atoms with E-state index in [2.05, 4.69) is 47.1 Å². The number of piperidine rings is 1. The standard InChI is InChI=1S/C24H25N7OS/c1-13-28-18-15(9-25)7-14(8-17(18)32-13)19-27-10-16-20(30-19)33-22(29-16)31(4)21-23(2)5-6-24(21,3)12-26-11-23/h7-8,10,21,26H,5-6,11-12H2,1-4H3. The number of benzene rings is 1. The zero-order valence-electron chi connectivity index (χ0n) is 19.1. The van der Waals surface area contributed by atoms with Crippen molar-refractivity contribution in [1.29, 1.82) is 5.26 Å². The van der Waals surface area contributed by atoms with Crippen molar-refractivity contribution in [2.24, 2.45) is 10.8 Å². The molecule has 3 aromatic heterocycles. The second-order valence-electron chi connectivity index (χ2n) is 10.0. The van der Waals surface area contributed by atoms with E-state index in [1.54, 1.807) is 30.5 Å². The number of rotatable bonds is 3. The van der Waals surface area contributed by atoms with Gasteiger partial charge in [0.1, 0.15) is 21.9 Å². The minimum Gasteiger partial charge on any atom is -0.441 e. The van der Waals surface area contributed by atoms with Gasteiger partial charge in [0.2, 0.25) is 0 Å². The summed E-state index contributed by atoms with van der Waals surface area (Å²) in [5.41, 5.74) is 3.58. The van der Waals surface area contributed by atoms with Crippen LogP contribution in [0.15, 0.2) is 22.7 Å². The highest BCUT2D eigenvalue weighted by Gasteiger charge is 2.56. The van der Waals surface area contributed by atoms with E-state index < -0.39 is 0 Å². The van der Waals surface area contributed by atoms with Crippen LogP contribution in [0, 0.1) is 29.1 Å². The highest BCUT2D eigenvalue weighted by atomic mass is 32.1. The number of oxazole rings is 1. The molecule has 0 spiro atoms. The molecule has 1 saturated carbocycles. The maximum atomic E-state index is 9.58. The van der Waals surface area contributed by atoms with Gasteiger partial charge in [-0.2, -0.15) is 5.26 Å². The third-order valence-corrected chi connectivity index (χ3v) is 8.51. The third kappa shape index (κ3) is 3.05. The van der Waals surface area contributed by atoms with Crippen molar-refractivity contribution >= 4 is 37.9 Å². The van der Waals surface area contributed by atoms with Gasteiger partial charge in [0.15, 0.2) is 22.4 Å². The van der Waals surface area contributed by atoms with Crippen molar-refractivity contribution in [3.05, 3.63) is 29.8 Å². The monoisotopic (exact) mass is 459 g/mol. The summed E-state index contributed by atoms with van der Waals surface area (Å²) in [7, 11) is 2.17. The Balaban J connectivity index is 1.39. The molecule has 2 atom stereocenters. The van der Waals surface area contributed by atoms with E-state index in [0.717, 1.165) is 34.1 Å². The van der Waals surface area contributed by atoms with Crippen molar-refractivity contribution < 1.29 is 4.42 Å². The lowest BCUT2D eigenvalue weighted by molar-refractivity contribution is 0.143. The average molecular weight is 460 g/mol. The van der Waals surface area contributed by atoms with Crippen molar-refractivity contribution in [1.82, 2.24) is 25.3 Å². The van der Waals surface area contributed by atoms with Gasteiger partial charge in [-0.05, 0) is 25.0 Å². The predicted molar refractivity (Wildman–Crippen MR) is 128 cm³/mol. The second-order valence-corrected chi connectivity index (χ2v) is 11.0. The first kappa shape index (κ1) is 20.5. The Morgan fingerprint density at radius 3 is 2.67 bits per heavy atom. The largest absolute Gasteiger partial charge is 0.441 e. The van der Waals surface area contributed by atoms with Gasteiger partial charge in [0, 0.05) is 49.5 Å². The SMILES string of the molecule is Cc1nc2c(C#N)cc(-c3ncc4nc(N(C)C5C6(C)CCC5(C)CNC6)sc4n3)cc2o1. The van der Waals surface area contributed by atoms with Crippen LogP contribution < -0.4 is 10.2 Å². The molecule has 2 bridgehead atoms. The van der Waals surface area contributed by atoms with E-state index >= 15 is 0 Å². The maximum absolute atomic E-state index is 9.58. The van der Waals surface area contributed by atoms with E-state index in [0.29, 0.717) is 34.4 Å². The molecule has 9 heteroatoms. The molecule has 0 radical (unpaired) electrons. The molecular weight excluding hydrogens is 434 g/mol. The number of nitriles is 1. The van der Waals surface area contributed by atoms with Gasteiger partial charge in [0.25, 0.3) is 0 Å². The number of anilines is 1. The Morgan fingerprint density at radius 2 is 1.94 bits per heavy atom. The van der Waals surface area contributed by atoms with E-state index in [1.165, 1.54) is 12.8 Å². The van der Waals surface area contributed by atoms with Crippen LogP contribution in [-0.4, -0.2) is 46.1 Å². The molecule has 1 aliphatic carbocycles. The number of nitrogens with one attached hydrogen (secondary N) is 1. The molecule has 6 rings (SSSR count). The van der Waals surface area contributed by atoms with Crippen LogP contribution in [0.3, 0.4) is 0 Å². The number of fused-ring (bicyclic) bond motifs is 4. The first-order chi connectivity index (χ1) is 15.8. The summed E-state index contributed by atoms with van der Waals surface area (Å²) in [5, 5.41) is 14.2. The summed E-state index contributed by atoms with van der Waals surface area (Å²) < 4.78 is 5.67. The van der Waals surface area contributed by atoms with Gasteiger partial charge in [-0.25, -0.2) is 19.9 Å². The topological polar surface area (TPSA) is 104 Å². The fourth-order valence-corrected chi connectivity index (χ4v) is 7.00. The van der Waals surface area contributed by atoms with E-state index in [1.807, 2.05) is 6.07 Å². The smallest absolute Gasteiger partial charge is 0.192 e. The first-order valence-corrected chi connectivity index (χ1v) is 12.0. The summed E-state index contributed by atoms with van der Waals surface area (Å²) in [5.74, 6) is 1.08. The highest BCUT2D eigenvalue weighted by molar-refractivity contribution is 7.21. The molecule has 4 aromatic rings. The van der Waals surface area contributed by atoms with E-state index in [9.17, 15) is 5.26 Å². The lowest BCUT2D eigenvalue weighted by Crippen LogP contribution is -2.60. The summed E-state index contributed by atoms with van der Waals surface area (Å²) in [6, 6.07) is 6.25. The van der Waals surface area contributed by atoms with Crippen molar-refractivity contribution in [3.8, 4) is 17.5 Å². The summed E-state index contributed by atoms with van der Waals surface area (Å²) in [6.07, 6.45) is 4.23. The van der Waals surface area contributed by atoms with Gasteiger partial charge >= 0.3 is 0 Å². The maximum Gasteiger partial charge on any atom is 0.192 e. The molecule has 2 unspecified atom stereocenters. The van der Waals surface area contributed by atoms with Crippen LogP contribution in [0.2, 0.25) is 0 Å². The minimum atomic E-state index is 0.231. The number of aromatic nitrogens is 4. The summed E-state index contributed by atoms with van der Waals surface area (Å²) >= 11 is 1.60. The lowest BCUT2D eigenvalue weighted by Gasteiger charge is -2.49. The third-order valence-electron chi connectivity index (χ3n) is 7.45. The van der Waals surface area contributed by atoms with Crippen LogP contribution in [-0.2, 0) is 0 Å². The molecule has 2 fully saturated rings. The molecule has 1 saturated heterocycles. The van der Waals surface area contributed by atoms with Gasteiger partial charge in [-0.15, -0.1) is 0 Å². The molecule has 0 amide bonds. The van der Waals surface area contributed by atoms with Gasteiger partial charge in [0.05, 0.1) is 11.8 Å². The van der Waals surface area contributed by atoms with E-state index in [4.69, 9.17) is 14.4 Å². The second kappa shape index (κ2) is 6.95. The normalized spacial score (nSPS) is 26.7. The minimum absolute atomic E-state index is 0.231. The van der Waals surface area contributed by atoms with Crippen LogP contribution in [0.1, 0.15) is 38.1 Å². The zero-order valence-corrected chi connectivity index (χ0v) is 20.0. The molecule has 2 aliphatic rings. The Bertz CT molecular complexity index is 1430. The molecule has 1 aliphatic heterocycles. The van der Waals surface area contributed by atoms with Crippen LogP contribution in [0.5, 0.6) is 0 Å². The molecular formula is C24H25N7OS. The van der Waals surface area contributed by atoms with Gasteiger partial charge in [-0.3, -0.25) is 0 Å². The molecule has 33 heavy (non-hydrogen) atoms. The van der Waals surface area contributed by atoms with Gasteiger partial charge in [-0.1, -0.05) is 25.2 Å². The lowest BCUT2D eigenvalue weighted by atomic mass is 9.72. The number of hydrogen-bond donors (Lipinski definition) is 1. The predicted octanol–water partition coefficient (Wildman–Crippen LogP) is 4.29. The molecule has 4 heterocycles. The van der Waals surface area contributed by atoms with Crippen LogP contribution in [0.4, 0.5) is 5.13 Å². The fourth-order valence-electron chi connectivity index (χ4n) is 6.10. The zero-order chi connectivity index (χ0) is 23.0. The molecule has 8 nitrogen and oxygen atoms in total. The summed E-state index contributed by atoms with van der Waals surface area (Å²) in [4.78, 5) is 21.8. The molecule has 168 valence electrons.